The number of hydrogen-bond acceptors (Lipinski definition) is 4. The molecule has 0 aliphatic heterocycles. The van der Waals surface area contributed by atoms with Crippen molar-refractivity contribution in [1.29, 1.82) is 0 Å². The van der Waals surface area contributed by atoms with E-state index in [0.29, 0.717) is 5.82 Å². The molecule has 90 valence electrons. The molecule has 0 bridgehead atoms. The minimum atomic E-state index is 0.714. The van der Waals surface area contributed by atoms with E-state index in [-0.39, 0.29) is 0 Å². The summed E-state index contributed by atoms with van der Waals surface area (Å²) in [6.07, 6.45) is 1.49. The van der Waals surface area contributed by atoms with Crippen LogP contribution in [-0.2, 0) is 0 Å². The summed E-state index contributed by atoms with van der Waals surface area (Å²) in [5.41, 5.74) is 2.11. The minimum absolute atomic E-state index is 0.714. The van der Waals surface area contributed by atoms with Gasteiger partial charge in [-0.1, -0.05) is 28.1 Å². The Kier molecular flexibility index (Phi) is 2.97. The van der Waals surface area contributed by atoms with E-state index in [1.54, 1.807) is 11.3 Å². The van der Waals surface area contributed by atoms with E-state index >= 15 is 0 Å². The van der Waals surface area contributed by atoms with Gasteiger partial charge in [0.05, 0.1) is 5.69 Å². The Labute approximate surface area is 116 Å². The Morgan fingerprint density at radius 1 is 1.22 bits per heavy atom. The third-order valence-electron chi connectivity index (χ3n) is 2.53. The summed E-state index contributed by atoms with van der Waals surface area (Å²) in [6.45, 7) is 2.06. The summed E-state index contributed by atoms with van der Waals surface area (Å²) in [5, 5.41) is 7.54. The highest BCUT2D eigenvalue weighted by Crippen LogP contribution is 2.32. The average Bonchev–Trinajstić information content (AvgIpc) is 2.99. The molecular weight excluding hydrogens is 312 g/mol. The predicted octanol–water partition coefficient (Wildman–Crippen LogP) is 3.67. The van der Waals surface area contributed by atoms with E-state index in [0.717, 1.165) is 20.7 Å². The van der Waals surface area contributed by atoms with E-state index in [2.05, 4.69) is 55.2 Å². The summed E-state index contributed by atoms with van der Waals surface area (Å²) in [5.74, 6) is 0.714. The third kappa shape index (κ3) is 2.09. The molecule has 3 rings (SSSR count). The van der Waals surface area contributed by atoms with Crippen molar-refractivity contribution in [2.24, 2.45) is 0 Å². The molecule has 2 aromatic heterocycles. The molecule has 0 atom stereocenters. The molecule has 0 unspecified atom stereocenters. The fourth-order valence-corrected chi connectivity index (χ4v) is 2.83. The van der Waals surface area contributed by atoms with Crippen molar-refractivity contribution in [3.05, 3.63) is 39.9 Å². The summed E-state index contributed by atoms with van der Waals surface area (Å²) in [7, 11) is 0. The van der Waals surface area contributed by atoms with Gasteiger partial charge in [-0.2, -0.15) is 5.10 Å². The van der Waals surface area contributed by atoms with Gasteiger partial charge in [-0.05, 0) is 19.1 Å². The van der Waals surface area contributed by atoms with Crippen molar-refractivity contribution in [2.45, 2.75) is 6.92 Å². The molecule has 0 spiro atoms. The lowest BCUT2D eigenvalue weighted by Crippen LogP contribution is -1.82. The number of benzene rings is 1. The largest absolute Gasteiger partial charge is 0.257 e. The minimum Gasteiger partial charge on any atom is -0.257 e. The number of aromatic amines is 1. The van der Waals surface area contributed by atoms with E-state index in [4.69, 9.17) is 0 Å². The second-order valence-electron chi connectivity index (χ2n) is 3.76. The van der Waals surface area contributed by atoms with E-state index in [1.165, 1.54) is 11.2 Å². The highest BCUT2D eigenvalue weighted by molar-refractivity contribution is 9.10. The molecule has 0 aliphatic rings. The maximum Gasteiger partial charge on any atom is 0.184 e. The van der Waals surface area contributed by atoms with E-state index in [9.17, 15) is 0 Å². The van der Waals surface area contributed by atoms with Crippen molar-refractivity contribution in [1.82, 2.24) is 20.2 Å². The Morgan fingerprint density at radius 3 is 2.67 bits per heavy atom. The van der Waals surface area contributed by atoms with Crippen LogP contribution in [0, 0.1) is 6.92 Å². The number of nitrogens with zero attached hydrogens (tertiary/aromatic N) is 3. The Balaban J connectivity index is 2.06. The number of thiazole rings is 1. The number of aryl methyl sites for hydroxylation is 1. The Bertz CT molecular complexity index is 658. The van der Waals surface area contributed by atoms with Crippen molar-refractivity contribution in [3.8, 4) is 22.1 Å². The van der Waals surface area contributed by atoms with Crippen LogP contribution < -0.4 is 0 Å². The first kappa shape index (κ1) is 11.6. The maximum atomic E-state index is 4.62. The fraction of sp³-hybridized carbons (Fsp3) is 0.0833. The van der Waals surface area contributed by atoms with Crippen LogP contribution in [-0.4, -0.2) is 20.2 Å². The van der Waals surface area contributed by atoms with Gasteiger partial charge >= 0.3 is 0 Å². The average molecular weight is 321 g/mol. The molecule has 6 heteroatoms. The first-order valence-electron chi connectivity index (χ1n) is 5.33. The standard InChI is InChI=1S/C12H9BrN4S/c1-7-10(8-2-4-9(13)5-3-8)16-12(18-7)11-14-6-15-17-11/h2-6H,1H3,(H,14,15,17). The Hall–Kier alpha value is -1.53. The molecular formula is C12H9BrN4S. The number of halogens is 1. The lowest BCUT2D eigenvalue weighted by Gasteiger charge is -1.98. The number of hydrogen-bond donors (Lipinski definition) is 1. The molecule has 1 aromatic carbocycles. The molecule has 0 radical (unpaired) electrons. The number of aromatic nitrogens is 4. The monoisotopic (exact) mass is 320 g/mol. The van der Waals surface area contributed by atoms with Gasteiger partial charge < -0.3 is 0 Å². The molecule has 3 aromatic rings. The second-order valence-corrected chi connectivity index (χ2v) is 5.88. The topological polar surface area (TPSA) is 54.5 Å². The summed E-state index contributed by atoms with van der Waals surface area (Å²) >= 11 is 5.05. The molecule has 0 aliphatic carbocycles. The van der Waals surface area contributed by atoms with Crippen molar-refractivity contribution in [2.75, 3.05) is 0 Å². The predicted molar refractivity (Wildman–Crippen MR) is 75.4 cm³/mol. The number of rotatable bonds is 2. The highest BCUT2D eigenvalue weighted by Gasteiger charge is 2.12. The van der Waals surface area contributed by atoms with Crippen LogP contribution in [0.4, 0.5) is 0 Å². The molecule has 0 saturated carbocycles. The molecule has 18 heavy (non-hydrogen) atoms. The van der Waals surface area contributed by atoms with Crippen LogP contribution in [0.1, 0.15) is 4.88 Å². The quantitative estimate of drug-likeness (QED) is 0.783. The molecule has 0 saturated heterocycles. The van der Waals surface area contributed by atoms with Crippen LogP contribution >= 0.6 is 27.3 Å². The Morgan fingerprint density at radius 2 is 2.00 bits per heavy atom. The first-order valence-corrected chi connectivity index (χ1v) is 6.94. The van der Waals surface area contributed by atoms with E-state index in [1.807, 2.05) is 12.1 Å². The van der Waals surface area contributed by atoms with Gasteiger partial charge in [0, 0.05) is 14.9 Å². The SMILES string of the molecule is Cc1sc(-c2ncn[nH]2)nc1-c1ccc(Br)cc1. The fourth-order valence-electron chi connectivity index (χ4n) is 1.68. The zero-order chi connectivity index (χ0) is 12.5. The molecule has 4 nitrogen and oxygen atoms in total. The normalized spacial score (nSPS) is 10.8. The van der Waals surface area contributed by atoms with Gasteiger partial charge in [-0.15, -0.1) is 11.3 Å². The van der Waals surface area contributed by atoms with Crippen LogP contribution in [0.5, 0.6) is 0 Å². The molecule has 0 amide bonds. The van der Waals surface area contributed by atoms with Crippen molar-refractivity contribution in [3.63, 3.8) is 0 Å². The van der Waals surface area contributed by atoms with Crippen LogP contribution in [0.2, 0.25) is 0 Å². The van der Waals surface area contributed by atoms with Crippen molar-refractivity contribution < 1.29 is 0 Å². The lowest BCUT2D eigenvalue weighted by molar-refractivity contribution is 1.09. The third-order valence-corrected chi connectivity index (χ3v) is 4.04. The molecule has 1 N–H and O–H groups in total. The summed E-state index contributed by atoms with van der Waals surface area (Å²) in [4.78, 5) is 9.91. The molecule has 2 heterocycles. The van der Waals surface area contributed by atoms with Gasteiger partial charge in [0.25, 0.3) is 0 Å². The maximum absolute atomic E-state index is 4.62. The van der Waals surface area contributed by atoms with Gasteiger partial charge in [0.15, 0.2) is 10.8 Å². The highest BCUT2D eigenvalue weighted by atomic mass is 79.9. The summed E-state index contributed by atoms with van der Waals surface area (Å²) < 4.78 is 1.06. The second kappa shape index (κ2) is 4.62. The number of H-pyrrole nitrogens is 1. The van der Waals surface area contributed by atoms with Crippen LogP contribution in [0.3, 0.4) is 0 Å². The van der Waals surface area contributed by atoms with Crippen molar-refractivity contribution >= 4 is 27.3 Å². The van der Waals surface area contributed by atoms with Crippen LogP contribution in [0.25, 0.3) is 22.1 Å². The van der Waals surface area contributed by atoms with Gasteiger partial charge in [0.1, 0.15) is 6.33 Å². The lowest BCUT2D eigenvalue weighted by atomic mass is 10.1. The molecule has 0 fully saturated rings. The first-order chi connectivity index (χ1) is 8.74. The van der Waals surface area contributed by atoms with Gasteiger partial charge in [-0.25, -0.2) is 9.97 Å². The zero-order valence-electron chi connectivity index (χ0n) is 9.51. The van der Waals surface area contributed by atoms with Gasteiger partial charge in [-0.3, -0.25) is 5.10 Å². The number of nitrogens with one attached hydrogen (secondary N) is 1. The zero-order valence-corrected chi connectivity index (χ0v) is 11.9. The summed E-state index contributed by atoms with van der Waals surface area (Å²) in [6, 6.07) is 8.14. The van der Waals surface area contributed by atoms with E-state index < -0.39 is 0 Å². The van der Waals surface area contributed by atoms with Crippen LogP contribution in [0.15, 0.2) is 35.1 Å². The van der Waals surface area contributed by atoms with Gasteiger partial charge in [0.2, 0.25) is 0 Å². The smallest absolute Gasteiger partial charge is 0.184 e.